The minimum absolute atomic E-state index is 0.0231. The minimum Gasteiger partial charge on any atom is -0.368 e. The molecule has 1 aromatic heterocycles. The number of hydrogen-bond acceptors (Lipinski definition) is 4. The van der Waals surface area contributed by atoms with E-state index in [4.69, 9.17) is 34.2 Å². The molecular formula is C7H8Cl2N4. The Balaban J connectivity index is 0.000000671. The van der Waals surface area contributed by atoms with Crippen molar-refractivity contribution in [2.24, 2.45) is 0 Å². The van der Waals surface area contributed by atoms with Gasteiger partial charge in [-0.05, 0) is 0 Å². The molecule has 0 aliphatic rings. The normalized spacial score (nSPS) is 8.23. The molecule has 1 rings (SSSR count). The maximum Gasteiger partial charge on any atom is 0.222 e. The van der Waals surface area contributed by atoms with Gasteiger partial charge in [0.1, 0.15) is 11.6 Å². The van der Waals surface area contributed by atoms with E-state index >= 15 is 0 Å². The molecule has 1 aromatic rings. The second kappa shape index (κ2) is 5.57. The molecule has 0 bridgehead atoms. The van der Waals surface area contributed by atoms with Crippen LogP contribution in [0.25, 0.3) is 0 Å². The molecule has 0 aliphatic carbocycles. The molecule has 0 spiro atoms. The molecule has 0 saturated carbocycles. The lowest BCUT2D eigenvalue weighted by atomic mass is 10.4. The number of hydrogen-bond donors (Lipinski definition) is 1. The number of anilines is 1. The van der Waals surface area contributed by atoms with Gasteiger partial charge in [-0.1, -0.05) is 37.0 Å². The zero-order valence-electron chi connectivity index (χ0n) is 7.17. The van der Waals surface area contributed by atoms with Gasteiger partial charge in [-0.2, -0.15) is 15.2 Å². The Morgan fingerprint density at radius 3 is 1.92 bits per heavy atom. The Labute approximate surface area is 86.3 Å². The van der Waals surface area contributed by atoms with E-state index < -0.39 is 0 Å². The first kappa shape index (κ1) is 11.9. The Bertz CT molecular complexity index is 309. The third kappa shape index (κ3) is 3.05. The maximum absolute atomic E-state index is 8.45. The summed E-state index contributed by atoms with van der Waals surface area (Å²) in [5.74, 6) is -0.0426. The van der Waals surface area contributed by atoms with Crippen molar-refractivity contribution in [1.82, 2.24) is 9.97 Å². The summed E-state index contributed by atoms with van der Waals surface area (Å²) in [6.07, 6.45) is 0. The van der Waals surface area contributed by atoms with Crippen molar-refractivity contribution in [1.29, 1.82) is 5.26 Å². The number of aromatic nitrogens is 2. The second-order valence-corrected chi connectivity index (χ2v) is 2.37. The van der Waals surface area contributed by atoms with Gasteiger partial charge in [0.25, 0.3) is 0 Å². The summed E-state index contributed by atoms with van der Waals surface area (Å²) >= 11 is 11.0. The highest BCUT2D eigenvalue weighted by molar-refractivity contribution is 6.35. The molecular weight excluding hydrogens is 211 g/mol. The number of halogens is 2. The van der Waals surface area contributed by atoms with Crippen molar-refractivity contribution in [2.75, 3.05) is 5.73 Å². The van der Waals surface area contributed by atoms with Crippen molar-refractivity contribution in [3.8, 4) is 6.07 Å². The van der Waals surface area contributed by atoms with Crippen LogP contribution in [0.4, 0.5) is 5.95 Å². The van der Waals surface area contributed by atoms with Crippen LogP contribution in [0.2, 0.25) is 10.3 Å². The van der Waals surface area contributed by atoms with E-state index in [1.54, 1.807) is 6.07 Å². The first-order valence-electron chi connectivity index (χ1n) is 3.53. The number of nitriles is 1. The summed E-state index contributed by atoms with van der Waals surface area (Å²) in [6.45, 7) is 4.00. The van der Waals surface area contributed by atoms with Crippen LogP contribution in [0.5, 0.6) is 0 Å². The Hall–Kier alpha value is -1.05. The fourth-order valence-electron chi connectivity index (χ4n) is 0.515. The molecule has 0 atom stereocenters. The summed E-state index contributed by atoms with van der Waals surface area (Å²) in [4.78, 5) is 7.06. The maximum atomic E-state index is 8.45. The van der Waals surface area contributed by atoms with Gasteiger partial charge < -0.3 is 5.73 Å². The smallest absolute Gasteiger partial charge is 0.222 e. The highest BCUT2D eigenvalue weighted by atomic mass is 35.5. The van der Waals surface area contributed by atoms with Gasteiger partial charge in [0, 0.05) is 0 Å². The molecule has 2 N–H and O–H groups in total. The van der Waals surface area contributed by atoms with Crippen molar-refractivity contribution in [3.05, 3.63) is 15.9 Å². The molecule has 0 fully saturated rings. The Kier molecular flexibility index (Phi) is 5.12. The zero-order valence-corrected chi connectivity index (χ0v) is 8.69. The Morgan fingerprint density at radius 2 is 1.62 bits per heavy atom. The lowest BCUT2D eigenvalue weighted by Gasteiger charge is -1.96. The van der Waals surface area contributed by atoms with Gasteiger partial charge in [-0.15, -0.1) is 0 Å². The molecule has 0 saturated heterocycles. The quantitative estimate of drug-likeness (QED) is 0.679. The van der Waals surface area contributed by atoms with Crippen LogP contribution in [0.3, 0.4) is 0 Å². The summed E-state index contributed by atoms with van der Waals surface area (Å²) in [5, 5.41) is 8.40. The first-order chi connectivity index (χ1) is 6.15. The van der Waals surface area contributed by atoms with E-state index in [9.17, 15) is 0 Å². The molecule has 0 radical (unpaired) electrons. The predicted octanol–water partition coefficient (Wildman–Crippen LogP) is 2.26. The average Bonchev–Trinajstić information content (AvgIpc) is 2.07. The van der Waals surface area contributed by atoms with E-state index in [1.165, 1.54) is 0 Å². The molecule has 0 amide bonds. The number of nitrogens with two attached hydrogens (primary N) is 1. The van der Waals surface area contributed by atoms with Crippen LogP contribution in [0, 0.1) is 11.3 Å². The molecule has 0 aromatic carbocycles. The number of nitrogens with zero attached hydrogens (tertiary/aromatic N) is 3. The van der Waals surface area contributed by atoms with Crippen LogP contribution < -0.4 is 5.73 Å². The second-order valence-electron chi connectivity index (χ2n) is 1.65. The third-order valence-electron chi connectivity index (χ3n) is 0.950. The first-order valence-corrected chi connectivity index (χ1v) is 4.29. The van der Waals surface area contributed by atoms with Crippen LogP contribution in [0.1, 0.15) is 19.4 Å². The SMILES string of the molecule is CC.N#Cc1c(Cl)nc(N)nc1Cl. The molecule has 70 valence electrons. The van der Waals surface area contributed by atoms with E-state index in [2.05, 4.69) is 9.97 Å². The topological polar surface area (TPSA) is 75.6 Å². The van der Waals surface area contributed by atoms with Crippen molar-refractivity contribution >= 4 is 29.2 Å². The molecule has 4 nitrogen and oxygen atoms in total. The largest absolute Gasteiger partial charge is 0.368 e. The van der Waals surface area contributed by atoms with Gasteiger partial charge in [-0.25, -0.2) is 0 Å². The van der Waals surface area contributed by atoms with Gasteiger partial charge in [0.15, 0.2) is 10.3 Å². The number of nitrogen functional groups attached to an aromatic ring is 1. The molecule has 0 aliphatic heterocycles. The van der Waals surface area contributed by atoms with Gasteiger partial charge in [-0.3, -0.25) is 0 Å². The van der Waals surface area contributed by atoms with Gasteiger partial charge in [0.05, 0.1) is 0 Å². The summed E-state index contributed by atoms with van der Waals surface area (Å²) in [7, 11) is 0. The highest BCUT2D eigenvalue weighted by Crippen LogP contribution is 2.20. The standard InChI is InChI=1S/C5H2Cl2N4.C2H6/c6-3-2(1-8)4(7)11-5(9)10-3;1-2/h(H2,9,10,11);1-2H3. The fraction of sp³-hybridized carbons (Fsp3) is 0.286. The minimum atomic E-state index is -0.0426. The molecule has 13 heavy (non-hydrogen) atoms. The zero-order chi connectivity index (χ0) is 10.4. The Morgan fingerprint density at radius 1 is 1.23 bits per heavy atom. The van der Waals surface area contributed by atoms with Crippen LogP contribution in [0.15, 0.2) is 0 Å². The van der Waals surface area contributed by atoms with Crippen LogP contribution in [-0.4, -0.2) is 9.97 Å². The molecule has 0 unspecified atom stereocenters. The lowest BCUT2D eigenvalue weighted by molar-refractivity contribution is 1.17. The van der Waals surface area contributed by atoms with Gasteiger partial charge >= 0.3 is 0 Å². The summed E-state index contributed by atoms with van der Waals surface area (Å²) in [6, 6.07) is 1.75. The van der Waals surface area contributed by atoms with Crippen molar-refractivity contribution in [3.63, 3.8) is 0 Å². The summed E-state index contributed by atoms with van der Waals surface area (Å²) in [5.41, 5.74) is 5.23. The van der Waals surface area contributed by atoms with Crippen LogP contribution >= 0.6 is 23.2 Å². The average molecular weight is 219 g/mol. The van der Waals surface area contributed by atoms with Crippen LogP contribution in [-0.2, 0) is 0 Å². The van der Waals surface area contributed by atoms with E-state index in [1.807, 2.05) is 13.8 Å². The fourth-order valence-corrected chi connectivity index (χ4v) is 1.00. The van der Waals surface area contributed by atoms with E-state index in [0.29, 0.717) is 0 Å². The van der Waals surface area contributed by atoms with Gasteiger partial charge in [0.2, 0.25) is 5.95 Å². The predicted molar refractivity (Wildman–Crippen MR) is 52.5 cm³/mol. The van der Waals surface area contributed by atoms with E-state index in [-0.39, 0.29) is 21.8 Å². The lowest BCUT2D eigenvalue weighted by Crippen LogP contribution is -1.97. The summed E-state index contributed by atoms with van der Waals surface area (Å²) < 4.78 is 0. The number of rotatable bonds is 0. The van der Waals surface area contributed by atoms with Crippen molar-refractivity contribution in [2.45, 2.75) is 13.8 Å². The van der Waals surface area contributed by atoms with E-state index in [0.717, 1.165) is 0 Å². The van der Waals surface area contributed by atoms with Crippen molar-refractivity contribution < 1.29 is 0 Å². The monoisotopic (exact) mass is 218 g/mol. The molecule has 1 heterocycles. The third-order valence-corrected chi connectivity index (χ3v) is 1.50. The molecule has 6 heteroatoms. The highest BCUT2D eigenvalue weighted by Gasteiger charge is 2.08.